The summed E-state index contributed by atoms with van der Waals surface area (Å²) < 4.78 is 0. The van der Waals surface area contributed by atoms with E-state index >= 15 is 0 Å². The number of benzene rings is 2. The zero-order valence-electron chi connectivity index (χ0n) is 14.3. The molecule has 0 unspecified atom stereocenters. The van der Waals surface area contributed by atoms with Crippen LogP contribution in [0.2, 0.25) is 5.02 Å². The number of amides is 3. The van der Waals surface area contributed by atoms with Crippen LogP contribution in [0.25, 0.3) is 0 Å². The molecule has 3 amide bonds. The fourth-order valence-corrected chi connectivity index (χ4v) is 2.58. The Morgan fingerprint density at radius 1 is 1.00 bits per heavy atom. The van der Waals surface area contributed by atoms with E-state index in [4.69, 9.17) is 11.6 Å². The van der Waals surface area contributed by atoms with Crippen LogP contribution in [0.1, 0.15) is 37.1 Å². The molecule has 0 aliphatic rings. The van der Waals surface area contributed by atoms with Crippen molar-refractivity contribution < 1.29 is 9.59 Å². The van der Waals surface area contributed by atoms with E-state index in [9.17, 15) is 9.59 Å². The molecule has 132 valence electrons. The minimum atomic E-state index is -0.658. The van der Waals surface area contributed by atoms with Gasteiger partial charge in [-0.25, -0.2) is 4.79 Å². The van der Waals surface area contributed by atoms with Crippen LogP contribution in [-0.2, 0) is 4.79 Å². The number of carbonyl (C=O) groups excluding carboxylic acids is 2. The topological polar surface area (TPSA) is 70.2 Å². The Balaban J connectivity index is 2.18. The molecule has 0 bridgehead atoms. The Morgan fingerprint density at radius 3 is 2.24 bits per heavy atom. The van der Waals surface area contributed by atoms with Crippen molar-refractivity contribution in [1.82, 2.24) is 16.0 Å². The largest absolute Gasteiger partial charge is 0.338 e. The summed E-state index contributed by atoms with van der Waals surface area (Å²) in [5.41, 5.74) is 1.78. The predicted octanol–water partition coefficient (Wildman–Crippen LogP) is 3.58. The van der Waals surface area contributed by atoms with Crippen molar-refractivity contribution in [2.45, 2.75) is 25.9 Å². The second-order valence-electron chi connectivity index (χ2n) is 5.63. The quantitative estimate of drug-likeness (QED) is 0.738. The summed E-state index contributed by atoms with van der Waals surface area (Å²) >= 11 is 5.93. The first-order valence-electron chi connectivity index (χ1n) is 8.16. The first-order valence-corrected chi connectivity index (χ1v) is 8.54. The molecule has 25 heavy (non-hydrogen) atoms. The van der Waals surface area contributed by atoms with Crippen molar-refractivity contribution >= 4 is 23.5 Å². The Morgan fingerprint density at radius 2 is 1.64 bits per heavy atom. The summed E-state index contributed by atoms with van der Waals surface area (Å²) in [6.45, 7) is 4.20. The molecule has 0 aliphatic carbocycles. The van der Waals surface area contributed by atoms with Crippen LogP contribution in [0.15, 0.2) is 54.6 Å². The monoisotopic (exact) mass is 359 g/mol. The van der Waals surface area contributed by atoms with Gasteiger partial charge < -0.3 is 5.32 Å². The minimum Gasteiger partial charge on any atom is -0.338 e. The van der Waals surface area contributed by atoms with Crippen molar-refractivity contribution in [1.29, 1.82) is 0 Å². The molecular formula is C19H22ClN3O2. The molecule has 2 rings (SSSR count). The zero-order valence-corrected chi connectivity index (χ0v) is 15.0. The standard InChI is InChI=1S/C19H22ClN3O2/c1-3-21-19(25)23-18(24)17(15-7-5-4-6-8-15)22-13(2)14-9-11-16(20)12-10-14/h4-13,17,22H,3H2,1-2H3,(H2,21,23,24,25)/t13-,17-/m1/s1. The average molecular weight is 360 g/mol. The number of hydrogen-bond donors (Lipinski definition) is 3. The number of urea groups is 1. The van der Waals surface area contributed by atoms with Crippen LogP contribution in [0.3, 0.4) is 0 Å². The molecule has 0 aliphatic heterocycles. The summed E-state index contributed by atoms with van der Waals surface area (Å²) in [4.78, 5) is 24.3. The summed E-state index contributed by atoms with van der Waals surface area (Å²) in [5, 5.41) is 8.87. The van der Waals surface area contributed by atoms with Gasteiger partial charge in [-0.2, -0.15) is 0 Å². The number of imide groups is 1. The van der Waals surface area contributed by atoms with Gasteiger partial charge >= 0.3 is 6.03 Å². The van der Waals surface area contributed by atoms with E-state index in [1.807, 2.05) is 49.4 Å². The lowest BCUT2D eigenvalue weighted by Gasteiger charge is -2.23. The van der Waals surface area contributed by atoms with Gasteiger partial charge in [0.05, 0.1) is 0 Å². The molecule has 5 nitrogen and oxygen atoms in total. The Kier molecular flexibility index (Phi) is 6.98. The lowest BCUT2D eigenvalue weighted by molar-refractivity contribution is -0.122. The maximum absolute atomic E-state index is 12.6. The third kappa shape index (κ3) is 5.59. The highest BCUT2D eigenvalue weighted by Gasteiger charge is 2.24. The van der Waals surface area contributed by atoms with Gasteiger partial charge in [0.15, 0.2) is 0 Å². The fourth-order valence-electron chi connectivity index (χ4n) is 2.46. The molecule has 2 aromatic rings. The molecule has 6 heteroatoms. The molecule has 2 aromatic carbocycles. The molecule has 0 spiro atoms. The smallest absolute Gasteiger partial charge is 0.321 e. The van der Waals surface area contributed by atoms with Crippen LogP contribution in [-0.4, -0.2) is 18.5 Å². The summed E-state index contributed by atoms with van der Waals surface area (Å²) in [7, 11) is 0. The van der Waals surface area contributed by atoms with Gasteiger partial charge in [0.2, 0.25) is 5.91 Å². The van der Waals surface area contributed by atoms with E-state index in [2.05, 4.69) is 16.0 Å². The Hall–Kier alpha value is -2.37. The summed E-state index contributed by atoms with van der Waals surface area (Å²) in [6.07, 6.45) is 0. The van der Waals surface area contributed by atoms with Crippen LogP contribution in [0, 0.1) is 0 Å². The normalized spacial score (nSPS) is 12.9. The second kappa shape index (κ2) is 9.20. The number of carbonyl (C=O) groups is 2. The van der Waals surface area contributed by atoms with Crippen molar-refractivity contribution in [3.8, 4) is 0 Å². The van der Waals surface area contributed by atoms with E-state index in [1.165, 1.54) is 0 Å². The Bertz CT molecular complexity index is 704. The average Bonchev–Trinajstić information content (AvgIpc) is 2.61. The van der Waals surface area contributed by atoms with Gasteiger partial charge in [-0.15, -0.1) is 0 Å². The molecule has 3 N–H and O–H groups in total. The number of rotatable bonds is 6. The lowest BCUT2D eigenvalue weighted by atomic mass is 10.0. The lowest BCUT2D eigenvalue weighted by Crippen LogP contribution is -2.45. The third-order valence-electron chi connectivity index (χ3n) is 3.76. The summed E-state index contributed by atoms with van der Waals surface area (Å²) in [6, 6.07) is 15.5. The van der Waals surface area contributed by atoms with Gasteiger partial charge in [-0.05, 0) is 37.1 Å². The molecule has 2 atom stereocenters. The highest BCUT2D eigenvalue weighted by molar-refractivity contribution is 6.30. The van der Waals surface area contributed by atoms with Crippen LogP contribution >= 0.6 is 11.6 Å². The molecule has 0 fully saturated rings. The molecule has 0 aromatic heterocycles. The van der Waals surface area contributed by atoms with Gasteiger partial charge in [-0.3, -0.25) is 15.4 Å². The number of nitrogens with one attached hydrogen (secondary N) is 3. The van der Waals surface area contributed by atoms with Gasteiger partial charge in [-0.1, -0.05) is 54.1 Å². The minimum absolute atomic E-state index is 0.109. The number of hydrogen-bond acceptors (Lipinski definition) is 3. The predicted molar refractivity (Wildman–Crippen MR) is 99.4 cm³/mol. The number of halogens is 1. The SMILES string of the molecule is CCNC(=O)NC(=O)[C@H](N[C@H](C)c1ccc(Cl)cc1)c1ccccc1. The first-order chi connectivity index (χ1) is 12.0. The third-order valence-corrected chi connectivity index (χ3v) is 4.01. The zero-order chi connectivity index (χ0) is 18.2. The van der Waals surface area contributed by atoms with Gasteiger partial charge in [0.25, 0.3) is 0 Å². The fraction of sp³-hybridized carbons (Fsp3) is 0.263. The van der Waals surface area contributed by atoms with Crippen molar-refractivity contribution in [2.24, 2.45) is 0 Å². The van der Waals surface area contributed by atoms with Crippen molar-refractivity contribution in [3.05, 3.63) is 70.7 Å². The maximum Gasteiger partial charge on any atom is 0.321 e. The highest BCUT2D eigenvalue weighted by atomic mass is 35.5. The van der Waals surface area contributed by atoms with Crippen LogP contribution in [0.5, 0.6) is 0 Å². The van der Waals surface area contributed by atoms with E-state index in [0.29, 0.717) is 11.6 Å². The maximum atomic E-state index is 12.6. The highest BCUT2D eigenvalue weighted by Crippen LogP contribution is 2.21. The molecule has 0 heterocycles. The first kappa shape index (κ1) is 19.0. The van der Waals surface area contributed by atoms with E-state index in [1.54, 1.807) is 19.1 Å². The van der Waals surface area contributed by atoms with E-state index in [0.717, 1.165) is 11.1 Å². The Labute approximate surface area is 152 Å². The summed E-state index contributed by atoms with van der Waals surface area (Å²) in [5.74, 6) is -0.405. The molecular weight excluding hydrogens is 338 g/mol. The van der Waals surface area contributed by atoms with Crippen molar-refractivity contribution in [2.75, 3.05) is 6.54 Å². The second-order valence-corrected chi connectivity index (χ2v) is 6.07. The van der Waals surface area contributed by atoms with Gasteiger partial charge in [0.1, 0.15) is 6.04 Å². The van der Waals surface area contributed by atoms with Gasteiger partial charge in [0, 0.05) is 17.6 Å². The van der Waals surface area contributed by atoms with E-state index in [-0.39, 0.29) is 6.04 Å². The molecule has 0 saturated carbocycles. The molecule has 0 radical (unpaired) electrons. The van der Waals surface area contributed by atoms with Crippen LogP contribution in [0.4, 0.5) is 4.79 Å². The van der Waals surface area contributed by atoms with Crippen LogP contribution < -0.4 is 16.0 Å². The van der Waals surface area contributed by atoms with Crippen molar-refractivity contribution in [3.63, 3.8) is 0 Å². The molecule has 0 saturated heterocycles. The van der Waals surface area contributed by atoms with E-state index < -0.39 is 18.0 Å².